The number of carbonyl (C=O) groups is 2. The lowest BCUT2D eigenvalue weighted by Crippen LogP contribution is -2.56. The first-order chi connectivity index (χ1) is 14.4. The zero-order valence-electron chi connectivity index (χ0n) is 17.2. The van der Waals surface area contributed by atoms with E-state index in [0.29, 0.717) is 11.0 Å². The van der Waals surface area contributed by atoms with Gasteiger partial charge in [-0.3, -0.25) is 9.59 Å². The van der Waals surface area contributed by atoms with E-state index in [4.69, 9.17) is 9.15 Å². The lowest BCUT2D eigenvalue weighted by Gasteiger charge is -2.59. The molecule has 158 valence electrons. The monoisotopic (exact) mass is 409 g/mol. The van der Waals surface area contributed by atoms with Crippen molar-refractivity contribution in [3.05, 3.63) is 46.3 Å². The smallest absolute Gasteiger partial charge is 0.374 e. The number of carbonyl (C=O) groups excluding carboxylic acids is 2. The summed E-state index contributed by atoms with van der Waals surface area (Å²) in [5.74, 6) is 1.11. The first-order valence-electron chi connectivity index (χ1n) is 10.9. The van der Waals surface area contributed by atoms with Gasteiger partial charge < -0.3 is 14.5 Å². The number of ether oxygens (including phenoxy) is 1. The maximum Gasteiger partial charge on any atom is 0.374 e. The second-order valence-electron chi connectivity index (χ2n) is 9.62. The van der Waals surface area contributed by atoms with Gasteiger partial charge in [-0.1, -0.05) is 12.1 Å². The van der Waals surface area contributed by atoms with E-state index in [-0.39, 0.29) is 35.2 Å². The fourth-order valence-corrected chi connectivity index (χ4v) is 6.55. The molecule has 30 heavy (non-hydrogen) atoms. The Hall–Kier alpha value is -2.63. The van der Waals surface area contributed by atoms with Crippen molar-refractivity contribution in [1.29, 1.82) is 0 Å². The molecule has 0 unspecified atom stereocenters. The number of fused-ring (bicyclic) bond motifs is 1. The van der Waals surface area contributed by atoms with Gasteiger partial charge in [0, 0.05) is 12.1 Å². The van der Waals surface area contributed by atoms with E-state index in [1.807, 2.05) is 0 Å². The predicted molar refractivity (Wildman–Crippen MR) is 111 cm³/mol. The van der Waals surface area contributed by atoms with Crippen molar-refractivity contribution < 1.29 is 18.7 Å². The fourth-order valence-electron chi connectivity index (χ4n) is 6.55. The van der Waals surface area contributed by atoms with Crippen molar-refractivity contribution in [3.8, 4) is 0 Å². The molecule has 0 saturated heterocycles. The third-order valence-electron chi connectivity index (χ3n) is 7.55. The van der Waals surface area contributed by atoms with E-state index in [2.05, 4.69) is 12.2 Å². The third kappa shape index (κ3) is 3.42. The fraction of sp³-hybridized carbons (Fsp3) is 0.542. The van der Waals surface area contributed by atoms with E-state index in [1.54, 1.807) is 24.3 Å². The van der Waals surface area contributed by atoms with Gasteiger partial charge in [0.25, 0.3) is 5.91 Å². The molecule has 0 radical (unpaired) electrons. The van der Waals surface area contributed by atoms with Gasteiger partial charge in [0.15, 0.2) is 12.0 Å². The maximum atomic E-state index is 12.5. The van der Waals surface area contributed by atoms with E-state index < -0.39 is 5.97 Å². The lowest BCUT2D eigenvalue weighted by atomic mass is 9.48. The van der Waals surface area contributed by atoms with Crippen molar-refractivity contribution in [2.24, 2.45) is 23.2 Å². The van der Waals surface area contributed by atoms with E-state index in [1.165, 1.54) is 38.5 Å². The van der Waals surface area contributed by atoms with Crippen LogP contribution in [0.25, 0.3) is 11.0 Å². The maximum absolute atomic E-state index is 12.5. The van der Waals surface area contributed by atoms with Crippen molar-refractivity contribution in [2.45, 2.75) is 51.5 Å². The van der Waals surface area contributed by atoms with Crippen LogP contribution in [0.2, 0.25) is 0 Å². The largest absolute Gasteiger partial charge is 0.450 e. The number of benzene rings is 1. The highest BCUT2D eigenvalue weighted by atomic mass is 16.5. The number of amides is 1. The Morgan fingerprint density at radius 3 is 2.43 bits per heavy atom. The van der Waals surface area contributed by atoms with Crippen molar-refractivity contribution in [3.63, 3.8) is 0 Å². The zero-order valence-corrected chi connectivity index (χ0v) is 17.2. The number of rotatable bonds is 5. The summed E-state index contributed by atoms with van der Waals surface area (Å²) in [7, 11) is 0. The summed E-state index contributed by atoms with van der Waals surface area (Å²) in [6.07, 6.45) is 7.66. The Kier molecular flexibility index (Phi) is 4.68. The molecule has 6 rings (SSSR count). The van der Waals surface area contributed by atoms with Crippen molar-refractivity contribution >= 4 is 22.8 Å². The molecule has 0 spiro atoms. The molecule has 4 bridgehead atoms. The molecule has 4 aliphatic rings. The van der Waals surface area contributed by atoms with Gasteiger partial charge in [-0.25, -0.2) is 4.79 Å². The molecule has 4 saturated carbocycles. The molecular weight excluding hydrogens is 382 g/mol. The highest BCUT2D eigenvalue weighted by molar-refractivity contribution is 5.90. The summed E-state index contributed by atoms with van der Waals surface area (Å²) in [6, 6.07) is 7.88. The minimum Gasteiger partial charge on any atom is -0.450 e. The molecule has 6 heteroatoms. The van der Waals surface area contributed by atoms with Crippen LogP contribution in [0.1, 0.15) is 56.0 Å². The summed E-state index contributed by atoms with van der Waals surface area (Å²) in [5.41, 5.74) is 0.194. The average molecular weight is 409 g/mol. The number of hydrogen-bond donors (Lipinski definition) is 1. The van der Waals surface area contributed by atoms with Crippen LogP contribution in [-0.4, -0.2) is 24.5 Å². The minimum absolute atomic E-state index is 0.0655. The molecule has 1 aromatic heterocycles. The third-order valence-corrected chi connectivity index (χ3v) is 7.55. The van der Waals surface area contributed by atoms with E-state index >= 15 is 0 Å². The van der Waals surface area contributed by atoms with Gasteiger partial charge in [0.2, 0.25) is 5.76 Å². The molecule has 0 aliphatic heterocycles. The van der Waals surface area contributed by atoms with Gasteiger partial charge in [0.1, 0.15) is 5.58 Å². The highest BCUT2D eigenvalue weighted by Crippen LogP contribution is 2.61. The molecule has 1 amide bonds. The van der Waals surface area contributed by atoms with Crippen molar-refractivity contribution in [2.75, 3.05) is 6.61 Å². The first-order valence-corrected chi connectivity index (χ1v) is 10.9. The molecule has 1 atom stereocenters. The van der Waals surface area contributed by atoms with Crippen LogP contribution in [0.3, 0.4) is 0 Å². The summed E-state index contributed by atoms with van der Waals surface area (Å²) in [6.45, 7) is 1.71. The van der Waals surface area contributed by atoms with E-state index in [9.17, 15) is 14.4 Å². The zero-order chi connectivity index (χ0) is 20.9. The molecule has 1 aromatic carbocycles. The molecule has 4 fully saturated rings. The van der Waals surface area contributed by atoms with Crippen LogP contribution in [0.4, 0.5) is 0 Å². The van der Waals surface area contributed by atoms with Crippen LogP contribution in [-0.2, 0) is 9.53 Å². The Labute approximate surface area is 175 Å². The summed E-state index contributed by atoms with van der Waals surface area (Å²) in [5, 5.41) is 3.48. The number of esters is 1. The summed E-state index contributed by atoms with van der Waals surface area (Å²) >= 11 is 0. The minimum atomic E-state index is -0.810. The number of para-hydroxylation sites is 1. The molecule has 2 aromatic rings. The average Bonchev–Trinajstić information content (AvgIpc) is 2.71. The van der Waals surface area contributed by atoms with Gasteiger partial charge in [0.05, 0.1) is 5.39 Å². The van der Waals surface area contributed by atoms with Crippen LogP contribution in [0.15, 0.2) is 39.5 Å². The van der Waals surface area contributed by atoms with Crippen LogP contribution < -0.4 is 10.7 Å². The van der Waals surface area contributed by atoms with Crippen molar-refractivity contribution in [1.82, 2.24) is 5.32 Å². The molecule has 4 aliphatic carbocycles. The quantitative estimate of drug-likeness (QED) is 0.762. The topological polar surface area (TPSA) is 85.6 Å². The van der Waals surface area contributed by atoms with Crippen LogP contribution >= 0.6 is 0 Å². The SMILES string of the molecule is C[C@@H](NC(=O)COC(=O)c1cc(=O)c2ccccc2o1)C12CC3CC(CC(C3)C1)C2. The Balaban J connectivity index is 1.20. The lowest BCUT2D eigenvalue weighted by molar-refractivity contribution is -0.128. The molecule has 6 nitrogen and oxygen atoms in total. The van der Waals surface area contributed by atoms with Gasteiger partial charge in [-0.15, -0.1) is 0 Å². The number of hydrogen-bond acceptors (Lipinski definition) is 5. The summed E-state index contributed by atoms with van der Waals surface area (Å²) in [4.78, 5) is 36.9. The molecular formula is C24H27NO5. The molecule has 1 heterocycles. The van der Waals surface area contributed by atoms with Crippen LogP contribution in [0, 0.1) is 23.2 Å². The second kappa shape index (κ2) is 7.25. The van der Waals surface area contributed by atoms with Gasteiger partial charge >= 0.3 is 5.97 Å². The van der Waals surface area contributed by atoms with Gasteiger partial charge in [-0.2, -0.15) is 0 Å². The number of nitrogens with one attached hydrogen (secondary N) is 1. The predicted octanol–water partition coefficient (Wildman–Crippen LogP) is 3.67. The second-order valence-corrected chi connectivity index (χ2v) is 9.62. The Morgan fingerprint density at radius 1 is 1.13 bits per heavy atom. The highest BCUT2D eigenvalue weighted by Gasteiger charge is 2.53. The molecule has 1 N–H and O–H groups in total. The normalized spacial score (nSPS) is 30.2. The Morgan fingerprint density at radius 2 is 1.77 bits per heavy atom. The standard InChI is InChI=1S/C24H27NO5/c1-14(24-10-15-6-16(11-24)8-17(7-15)12-24)25-22(27)13-29-23(28)21-9-19(26)18-4-2-3-5-20(18)30-21/h2-5,9,14-17H,6-8,10-13H2,1H3,(H,25,27)/t14-,15?,16?,17?,24?/m1/s1. The van der Waals surface area contributed by atoms with E-state index in [0.717, 1.165) is 23.8 Å². The van der Waals surface area contributed by atoms with Crippen LogP contribution in [0.5, 0.6) is 0 Å². The summed E-state index contributed by atoms with van der Waals surface area (Å²) < 4.78 is 10.6. The van der Waals surface area contributed by atoms with Gasteiger partial charge in [-0.05, 0) is 80.8 Å². The Bertz CT molecular complexity index is 1020. The first kappa shape index (κ1) is 19.3.